The average Bonchev–Trinajstić information content (AvgIpc) is 2.81. The fraction of sp³-hybridized carbons (Fsp3) is 0.520. The Balaban J connectivity index is 1.47. The Labute approximate surface area is 191 Å². The molecule has 172 valence electrons. The standard InChI is InChI=1S/C25H35N5O2/c1-3-4-5-6-7-8-15-28-16-18-29(19-17-28)25-14-11-23(20-21(25)2)27-26-22-9-12-24(13-10-22)30(31)32/h9-14,20H,3-8,15-19H2,1-2H3. The van der Waals surface area contributed by atoms with E-state index in [0.29, 0.717) is 5.69 Å². The molecule has 1 saturated heterocycles. The molecule has 0 radical (unpaired) electrons. The second-order valence-electron chi connectivity index (χ2n) is 8.54. The van der Waals surface area contributed by atoms with Gasteiger partial charge in [-0.1, -0.05) is 39.0 Å². The molecule has 7 nitrogen and oxygen atoms in total. The van der Waals surface area contributed by atoms with Crippen molar-refractivity contribution in [2.45, 2.75) is 52.4 Å². The van der Waals surface area contributed by atoms with Crippen molar-refractivity contribution in [3.8, 4) is 0 Å². The molecular formula is C25H35N5O2. The SMILES string of the molecule is CCCCCCCCN1CCN(c2ccc(N=Nc3ccc([N+](=O)[O-])cc3)cc2C)CC1. The summed E-state index contributed by atoms with van der Waals surface area (Å²) in [6.45, 7) is 9.96. The fourth-order valence-electron chi connectivity index (χ4n) is 4.14. The first-order valence-corrected chi connectivity index (χ1v) is 11.8. The lowest BCUT2D eigenvalue weighted by atomic mass is 10.1. The van der Waals surface area contributed by atoms with Gasteiger partial charge in [0.25, 0.3) is 5.69 Å². The highest BCUT2D eigenvalue weighted by Gasteiger charge is 2.18. The maximum absolute atomic E-state index is 10.7. The highest BCUT2D eigenvalue weighted by Crippen LogP contribution is 2.28. The predicted molar refractivity (Wildman–Crippen MR) is 130 cm³/mol. The van der Waals surface area contributed by atoms with Gasteiger partial charge in [0.1, 0.15) is 0 Å². The van der Waals surface area contributed by atoms with Gasteiger partial charge in [-0.05, 0) is 55.8 Å². The first-order valence-electron chi connectivity index (χ1n) is 11.8. The third kappa shape index (κ3) is 7.12. The average molecular weight is 438 g/mol. The molecule has 1 fully saturated rings. The lowest BCUT2D eigenvalue weighted by molar-refractivity contribution is -0.384. The van der Waals surface area contributed by atoms with E-state index in [4.69, 9.17) is 0 Å². The minimum Gasteiger partial charge on any atom is -0.369 e. The van der Waals surface area contributed by atoms with Crippen LogP contribution in [0.5, 0.6) is 0 Å². The quantitative estimate of drug-likeness (QED) is 0.168. The molecule has 0 N–H and O–H groups in total. The number of nitro groups is 1. The van der Waals surface area contributed by atoms with Crippen molar-refractivity contribution in [1.29, 1.82) is 0 Å². The number of hydrogen-bond donors (Lipinski definition) is 0. The molecule has 7 heteroatoms. The first kappa shape index (κ1) is 23.9. The number of benzene rings is 2. The zero-order valence-electron chi connectivity index (χ0n) is 19.4. The summed E-state index contributed by atoms with van der Waals surface area (Å²) >= 11 is 0. The summed E-state index contributed by atoms with van der Waals surface area (Å²) in [5, 5.41) is 19.2. The van der Waals surface area contributed by atoms with Crippen LogP contribution in [0.25, 0.3) is 0 Å². The van der Waals surface area contributed by atoms with Gasteiger partial charge in [-0.3, -0.25) is 15.0 Å². The Hall–Kier alpha value is -2.80. The van der Waals surface area contributed by atoms with Crippen LogP contribution in [0.3, 0.4) is 0 Å². The number of piperazine rings is 1. The van der Waals surface area contributed by atoms with E-state index in [-0.39, 0.29) is 5.69 Å². The van der Waals surface area contributed by atoms with Crippen LogP contribution in [0, 0.1) is 17.0 Å². The van der Waals surface area contributed by atoms with Crippen LogP contribution in [0.1, 0.15) is 51.0 Å². The minimum atomic E-state index is -0.419. The van der Waals surface area contributed by atoms with Crippen LogP contribution in [0.15, 0.2) is 52.7 Å². The topological polar surface area (TPSA) is 74.3 Å². The van der Waals surface area contributed by atoms with E-state index >= 15 is 0 Å². The second kappa shape index (κ2) is 12.3. The van der Waals surface area contributed by atoms with E-state index in [9.17, 15) is 10.1 Å². The van der Waals surface area contributed by atoms with Gasteiger partial charge in [-0.25, -0.2) is 0 Å². The highest BCUT2D eigenvalue weighted by atomic mass is 16.6. The fourth-order valence-corrected chi connectivity index (χ4v) is 4.14. The molecule has 0 spiro atoms. The Morgan fingerprint density at radius 2 is 1.50 bits per heavy atom. The molecule has 3 rings (SSSR count). The lowest BCUT2D eigenvalue weighted by Crippen LogP contribution is -2.46. The summed E-state index contributed by atoms with van der Waals surface area (Å²) in [4.78, 5) is 15.4. The summed E-state index contributed by atoms with van der Waals surface area (Å²) < 4.78 is 0. The van der Waals surface area contributed by atoms with E-state index in [2.05, 4.69) is 39.9 Å². The summed E-state index contributed by atoms with van der Waals surface area (Å²) in [5.74, 6) is 0. The Bertz CT molecular complexity index is 890. The van der Waals surface area contributed by atoms with Gasteiger partial charge in [0.05, 0.1) is 16.3 Å². The number of aryl methyl sites for hydroxylation is 1. The first-order chi connectivity index (χ1) is 15.6. The summed E-state index contributed by atoms with van der Waals surface area (Å²) in [6, 6.07) is 12.3. The van der Waals surface area contributed by atoms with Gasteiger partial charge in [0, 0.05) is 44.0 Å². The normalized spacial score (nSPS) is 14.9. The minimum absolute atomic E-state index is 0.0521. The summed E-state index contributed by atoms with van der Waals surface area (Å²) in [7, 11) is 0. The zero-order valence-corrected chi connectivity index (χ0v) is 19.4. The zero-order chi connectivity index (χ0) is 22.8. The Kier molecular flexibility index (Phi) is 9.16. The van der Waals surface area contributed by atoms with Crippen LogP contribution < -0.4 is 4.90 Å². The van der Waals surface area contributed by atoms with Crippen molar-refractivity contribution < 1.29 is 4.92 Å². The molecular weight excluding hydrogens is 402 g/mol. The molecule has 0 amide bonds. The van der Waals surface area contributed by atoms with Gasteiger partial charge >= 0.3 is 0 Å². The van der Waals surface area contributed by atoms with Crippen molar-refractivity contribution in [3.05, 3.63) is 58.1 Å². The van der Waals surface area contributed by atoms with Gasteiger partial charge in [0.2, 0.25) is 0 Å². The lowest BCUT2D eigenvalue weighted by Gasteiger charge is -2.36. The maximum Gasteiger partial charge on any atom is 0.269 e. The largest absolute Gasteiger partial charge is 0.369 e. The molecule has 2 aromatic carbocycles. The Morgan fingerprint density at radius 1 is 0.875 bits per heavy atom. The van der Waals surface area contributed by atoms with Gasteiger partial charge in [0.15, 0.2) is 0 Å². The highest BCUT2D eigenvalue weighted by molar-refractivity contribution is 5.59. The Morgan fingerprint density at radius 3 is 2.16 bits per heavy atom. The molecule has 32 heavy (non-hydrogen) atoms. The van der Waals surface area contributed by atoms with E-state index in [1.165, 1.54) is 68.5 Å². The number of unbranched alkanes of at least 4 members (excludes halogenated alkanes) is 5. The monoisotopic (exact) mass is 437 g/mol. The molecule has 0 aromatic heterocycles. The van der Waals surface area contributed by atoms with Crippen LogP contribution in [-0.2, 0) is 0 Å². The van der Waals surface area contributed by atoms with E-state index in [1.54, 1.807) is 12.1 Å². The molecule has 1 aliphatic heterocycles. The van der Waals surface area contributed by atoms with E-state index in [0.717, 1.165) is 31.9 Å². The van der Waals surface area contributed by atoms with Crippen molar-refractivity contribution in [1.82, 2.24) is 4.90 Å². The van der Waals surface area contributed by atoms with Gasteiger partial charge < -0.3 is 4.90 Å². The predicted octanol–water partition coefficient (Wildman–Crippen LogP) is 6.80. The molecule has 0 bridgehead atoms. The van der Waals surface area contributed by atoms with Crippen molar-refractivity contribution in [3.63, 3.8) is 0 Å². The van der Waals surface area contributed by atoms with Crippen LogP contribution in [0.4, 0.5) is 22.7 Å². The number of hydrogen-bond acceptors (Lipinski definition) is 6. The third-order valence-electron chi connectivity index (χ3n) is 6.06. The number of nitrogens with zero attached hydrogens (tertiary/aromatic N) is 5. The van der Waals surface area contributed by atoms with Gasteiger partial charge in [-0.15, -0.1) is 0 Å². The molecule has 1 aliphatic rings. The van der Waals surface area contributed by atoms with E-state index in [1.807, 2.05) is 12.1 Å². The number of azo groups is 1. The second-order valence-corrected chi connectivity index (χ2v) is 8.54. The van der Waals surface area contributed by atoms with Gasteiger partial charge in [-0.2, -0.15) is 10.2 Å². The number of rotatable bonds is 11. The van der Waals surface area contributed by atoms with Crippen molar-refractivity contribution in [2.75, 3.05) is 37.6 Å². The molecule has 2 aromatic rings. The number of nitro benzene ring substituents is 1. The number of anilines is 1. The number of non-ortho nitro benzene ring substituents is 1. The van der Waals surface area contributed by atoms with E-state index < -0.39 is 4.92 Å². The van der Waals surface area contributed by atoms with Crippen LogP contribution in [0.2, 0.25) is 0 Å². The van der Waals surface area contributed by atoms with Crippen molar-refractivity contribution in [2.24, 2.45) is 10.2 Å². The molecule has 0 saturated carbocycles. The van der Waals surface area contributed by atoms with Crippen molar-refractivity contribution >= 4 is 22.7 Å². The summed E-state index contributed by atoms with van der Waals surface area (Å²) in [6.07, 6.45) is 8.11. The maximum atomic E-state index is 10.7. The molecule has 0 unspecified atom stereocenters. The molecule has 0 atom stereocenters. The van der Waals surface area contributed by atoms with Crippen LogP contribution in [-0.4, -0.2) is 42.5 Å². The molecule has 1 heterocycles. The third-order valence-corrected chi connectivity index (χ3v) is 6.06. The molecule has 0 aliphatic carbocycles. The smallest absolute Gasteiger partial charge is 0.269 e. The van der Waals surface area contributed by atoms with Crippen LogP contribution >= 0.6 is 0 Å². The summed E-state index contributed by atoms with van der Waals surface area (Å²) in [5.41, 5.74) is 3.88.